The Balaban J connectivity index is 1.85. The van der Waals surface area contributed by atoms with Gasteiger partial charge in [0.05, 0.1) is 12.3 Å². The summed E-state index contributed by atoms with van der Waals surface area (Å²) in [6.07, 6.45) is 5.50. The first-order chi connectivity index (χ1) is 8.15. The molecule has 3 N–H and O–H groups in total. The van der Waals surface area contributed by atoms with Crippen molar-refractivity contribution in [3.8, 4) is 0 Å². The molecule has 2 rings (SSSR count). The lowest BCUT2D eigenvalue weighted by Crippen LogP contribution is -2.42. The van der Waals surface area contributed by atoms with Crippen LogP contribution < -0.4 is 11.1 Å². The highest BCUT2D eigenvalue weighted by Gasteiger charge is 2.37. The molecule has 1 fully saturated rings. The molecule has 4 nitrogen and oxygen atoms in total. The molecule has 1 heterocycles. The van der Waals surface area contributed by atoms with E-state index in [2.05, 4.69) is 5.32 Å². The van der Waals surface area contributed by atoms with Gasteiger partial charge in [-0.15, -0.1) is 0 Å². The zero-order chi connectivity index (χ0) is 12.3. The van der Waals surface area contributed by atoms with E-state index >= 15 is 0 Å². The van der Waals surface area contributed by atoms with E-state index in [0.717, 1.165) is 18.6 Å². The Kier molecular flexibility index (Phi) is 3.52. The summed E-state index contributed by atoms with van der Waals surface area (Å²) in [6.45, 7) is 2.53. The van der Waals surface area contributed by atoms with Crippen LogP contribution in [0.4, 0.5) is 0 Å². The van der Waals surface area contributed by atoms with Crippen LogP contribution in [-0.4, -0.2) is 12.5 Å². The highest BCUT2D eigenvalue weighted by Crippen LogP contribution is 2.42. The predicted octanol–water partition coefficient (Wildman–Crippen LogP) is 1.98. The van der Waals surface area contributed by atoms with Gasteiger partial charge in [0.1, 0.15) is 5.76 Å². The van der Waals surface area contributed by atoms with Crippen molar-refractivity contribution in [3.63, 3.8) is 0 Å². The van der Waals surface area contributed by atoms with Gasteiger partial charge in [0.15, 0.2) is 0 Å². The second-order valence-corrected chi connectivity index (χ2v) is 5.04. The van der Waals surface area contributed by atoms with Gasteiger partial charge in [-0.3, -0.25) is 4.79 Å². The number of amides is 1. The summed E-state index contributed by atoms with van der Waals surface area (Å²) in [7, 11) is 0. The number of nitrogens with one attached hydrogen (secondary N) is 1. The molecule has 1 aromatic heterocycles. The molecule has 94 valence electrons. The highest BCUT2D eigenvalue weighted by molar-refractivity contribution is 5.77. The lowest BCUT2D eigenvalue weighted by Gasteiger charge is -2.40. The van der Waals surface area contributed by atoms with Gasteiger partial charge in [-0.2, -0.15) is 0 Å². The molecule has 17 heavy (non-hydrogen) atoms. The normalized spacial score (nSPS) is 19.4. The average Bonchev–Trinajstić information content (AvgIpc) is 2.76. The molecule has 0 radical (unpaired) electrons. The summed E-state index contributed by atoms with van der Waals surface area (Å²) < 4.78 is 5.25. The van der Waals surface area contributed by atoms with Gasteiger partial charge in [0.25, 0.3) is 0 Å². The van der Waals surface area contributed by atoms with Crippen LogP contribution in [0, 0.1) is 5.41 Å². The molecule has 1 amide bonds. The monoisotopic (exact) mass is 236 g/mol. The van der Waals surface area contributed by atoms with Gasteiger partial charge in [-0.05, 0) is 43.9 Å². The minimum atomic E-state index is -0.0765. The summed E-state index contributed by atoms with van der Waals surface area (Å²) in [4.78, 5) is 11.9. The molecular formula is C13H20N2O2. The molecule has 1 unspecified atom stereocenters. The van der Waals surface area contributed by atoms with Crippen LogP contribution in [0.15, 0.2) is 22.8 Å². The smallest absolute Gasteiger partial charge is 0.221 e. The Hall–Kier alpha value is -1.29. The van der Waals surface area contributed by atoms with E-state index in [9.17, 15) is 4.79 Å². The van der Waals surface area contributed by atoms with E-state index in [-0.39, 0.29) is 17.4 Å². The third kappa shape index (κ3) is 2.69. The van der Waals surface area contributed by atoms with E-state index in [1.807, 2.05) is 19.1 Å². The van der Waals surface area contributed by atoms with E-state index in [1.54, 1.807) is 6.26 Å². The summed E-state index contributed by atoms with van der Waals surface area (Å²) in [5.74, 6) is 0.854. The van der Waals surface area contributed by atoms with E-state index in [1.165, 1.54) is 6.42 Å². The van der Waals surface area contributed by atoms with Crippen molar-refractivity contribution in [1.82, 2.24) is 5.32 Å². The van der Waals surface area contributed by atoms with E-state index < -0.39 is 0 Å². The summed E-state index contributed by atoms with van der Waals surface area (Å²) in [5.41, 5.74) is 5.81. The molecule has 1 aromatic rings. The molecule has 0 aromatic carbocycles. The molecule has 1 aliphatic carbocycles. The maximum Gasteiger partial charge on any atom is 0.221 e. The second kappa shape index (κ2) is 4.92. The third-order valence-electron chi connectivity index (χ3n) is 3.73. The van der Waals surface area contributed by atoms with Crippen LogP contribution in [0.25, 0.3) is 0 Å². The van der Waals surface area contributed by atoms with Crippen LogP contribution in [-0.2, 0) is 4.79 Å². The third-order valence-corrected chi connectivity index (χ3v) is 3.73. The zero-order valence-corrected chi connectivity index (χ0v) is 10.2. The Labute approximate surface area is 102 Å². The van der Waals surface area contributed by atoms with Crippen molar-refractivity contribution in [3.05, 3.63) is 24.2 Å². The number of furan rings is 1. The number of hydrogen-bond acceptors (Lipinski definition) is 3. The van der Waals surface area contributed by atoms with Crippen LogP contribution >= 0.6 is 0 Å². The fraction of sp³-hybridized carbons (Fsp3) is 0.615. The van der Waals surface area contributed by atoms with Gasteiger partial charge >= 0.3 is 0 Å². The molecular weight excluding hydrogens is 216 g/mol. The van der Waals surface area contributed by atoms with E-state index in [0.29, 0.717) is 13.0 Å². The molecule has 1 saturated carbocycles. The van der Waals surface area contributed by atoms with Crippen molar-refractivity contribution in [2.75, 3.05) is 6.54 Å². The number of carbonyl (C=O) groups is 1. The minimum Gasteiger partial charge on any atom is -0.467 e. The average molecular weight is 236 g/mol. The van der Waals surface area contributed by atoms with Crippen LogP contribution in [0.1, 0.15) is 44.4 Å². The number of carbonyl (C=O) groups excluding carboxylic acids is 1. The first-order valence-corrected chi connectivity index (χ1v) is 6.18. The Bertz CT molecular complexity index is 363. The predicted molar refractivity (Wildman–Crippen MR) is 65.2 cm³/mol. The summed E-state index contributed by atoms with van der Waals surface area (Å²) in [6, 6.07) is 3.62. The molecule has 0 bridgehead atoms. The lowest BCUT2D eigenvalue weighted by atomic mass is 9.66. The maximum atomic E-state index is 11.9. The van der Waals surface area contributed by atoms with E-state index in [4.69, 9.17) is 10.2 Å². The fourth-order valence-electron chi connectivity index (χ4n) is 2.37. The Morgan fingerprint density at radius 2 is 2.41 bits per heavy atom. The first kappa shape index (κ1) is 12.2. The lowest BCUT2D eigenvalue weighted by molar-refractivity contribution is -0.125. The molecule has 0 aliphatic heterocycles. The highest BCUT2D eigenvalue weighted by atomic mass is 16.3. The standard InChI is InChI=1S/C13H20N2O2/c1-10(11-4-2-7-17-11)15-12(16)8-13(9-14)5-3-6-13/h2,4,7,10H,3,5-6,8-9,14H2,1H3,(H,15,16). The largest absolute Gasteiger partial charge is 0.467 e. The summed E-state index contributed by atoms with van der Waals surface area (Å²) >= 11 is 0. The van der Waals surface area contributed by atoms with Gasteiger partial charge in [-0.1, -0.05) is 6.42 Å². The van der Waals surface area contributed by atoms with Crippen LogP contribution in [0.5, 0.6) is 0 Å². The van der Waals surface area contributed by atoms with Gasteiger partial charge < -0.3 is 15.5 Å². The number of hydrogen-bond donors (Lipinski definition) is 2. The van der Waals surface area contributed by atoms with Gasteiger partial charge in [0.2, 0.25) is 5.91 Å². The van der Waals surface area contributed by atoms with Gasteiger partial charge in [-0.25, -0.2) is 0 Å². The van der Waals surface area contributed by atoms with Crippen LogP contribution in [0.2, 0.25) is 0 Å². The Morgan fingerprint density at radius 3 is 2.88 bits per heavy atom. The first-order valence-electron chi connectivity index (χ1n) is 6.18. The fourth-order valence-corrected chi connectivity index (χ4v) is 2.37. The SMILES string of the molecule is CC(NC(=O)CC1(CN)CCC1)c1ccco1. The molecule has 1 aliphatic rings. The number of nitrogens with two attached hydrogens (primary N) is 1. The molecule has 0 spiro atoms. The zero-order valence-electron chi connectivity index (χ0n) is 10.2. The topological polar surface area (TPSA) is 68.3 Å². The second-order valence-electron chi connectivity index (χ2n) is 5.04. The van der Waals surface area contributed by atoms with Crippen molar-refractivity contribution >= 4 is 5.91 Å². The van der Waals surface area contributed by atoms with Gasteiger partial charge in [0, 0.05) is 6.42 Å². The molecule has 1 atom stereocenters. The number of rotatable bonds is 5. The molecule has 0 saturated heterocycles. The van der Waals surface area contributed by atoms with Crippen molar-refractivity contribution in [2.45, 2.75) is 38.6 Å². The summed E-state index contributed by atoms with van der Waals surface area (Å²) in [5, 5.41) is 2.95. The van der Waals surface area contributed by atoms with Crippen molar-refractivity contribution < 1.29 is 9.21 Å². The molecule has 4 heteroatoms. The van der Waals surface area contributed by atoms with Crippen molar-refractivity contribution in [1.29, 1.82) is 0 Å². The quantitative estimate of drug-likeness (QED) is 0.821. The Morgan fingerprint density at radius 1 is 1.65 bits per heavy atom. The van der Waals surface area contributed by atoms with Crippen LogP contribution in [0.3, 0.4) is 0 Å². The minimum absolute atomic E-state index is 0.0625. The van der Waals surface area contributed by atoms with Crippen molar-refractivity contribution in [2.24, 2.45) is 11.1 Å². The maximum absolute atomic E-state index is 11.9.